The lowest BCUT2D eigenvalue weighted by Gasteiger charge is -2.24. The molecule has 3 nitrogen and oxygen atoms in total. The van der Waals surface area contributed by atoms with Gasteiger partial charge in [-0.05, 0) is 54.0 Å². The lowest BCUT2D eigenvalue weighted by molar-refractivity contribution is 0.360. The molecule has 0 aromatic carbocycles. The minimum atomic E-state index is 0.677. The lowest BCUT2D eigenvalue weighted by atomic mass is 9.97. The lowest BCUT2D eigenvalue weighted by Crippen LogP contribution is -2.39. The number of hydrogen-bond donors (Lipinski definition) is 1. The molecule has 4 heteroatoms. The summed E-state index contributed by atoms with van der Waals surface area (Å²) in [5, 5.41) is 3.63. The fraction of sp³-hybridized carbons (Fsp3) is 0.583. The molecular formula is C12H16IN3. The van der Waals surface area contributed by atoms with Crippen molar-refractivity contribution in [3.63, 3.8) is 0 Å². The molecule has 2 unspecified atom stereocenters. The summed E-state index contributed by atoms with van der Waals surface area (Å²) in [6, 6.07) is 2.91. The van der Waals surface area contributed by atoms with E-state index < -0.39 is 0 Å². The van der Waals surface area contributed by atoms with Gasteiger partial charge in [0.1, 0.15) is 0 Å². The average molecular weight is 329 g/mol. The summed E-state index contributed by atoms with van der Waals surface area (Å²) in [6.07, 6.45) is 6.62. The fourth-order valence-electron chi connectivity index (χ4n) is 2.72. The second-order valence-electron chi connectivity index (χ2n) is 4.81. The summed E-state index contributed by atoms with van der Waals surface area (Å²) in [6.45, 7) is 3.52. The highest BCUT2D eigenvalue weighted by Gasteiger charge is 2.29. The Morgan fingerprint density at radius 1 is 1.31 bits per heavy atom. The molecule has 3 fully saturated rings. The highest BCUT2D eigenvalue weighted by atomic mass is 127. The van der Waals surface area contributed by atoms with Crippen LogP contribution in [0.3, 0.4) is 0 Å². The summed E-state index contributed by atoms with van der Waals surface area (Å²) in [5.41, 5.74) is 1.28. The molecule has 86 valence electrons. The predicted molar refractivity (Wildman–Crippen MR) is 73.7 cm³/mol. The van der Waals surface area contributed by atoms with Crippen LogP contribution in [0, 0.1) is 9.49 Å². The van der Waals surface area contributed by atoms with Crippen LogP contribution in [0.2, 0.25) is 0 Å². The predicted octanol–water partition coefficient (Wildman–Crippen LogP) is 1.87. The van der Waals surface area contributed by atoms with E-state index >= 15 is 0 Å². The summed E-state index contributed by atoms with van der Waals surface area (Å²) in [5.74, 6) is 0.816. The number of nitrogens with one attached hydrogen (secondary N) is 1. The number of halogens is 1. The van der Waals surface area contributed by atoms with Gasteiger partial charge in [0.2, 0.25) is 0 Å². The maximum Gasteiger partial charge on any atom is 0.0564 e. The monoisotopic (exact) mass is 329 g/mol. The molecule has 4 rings (SSSR count). The molecular weight excluding hydrogens is 313 g/mol. The molecule has 0 radical (unpaired) electrons. The van der Waals surface area contributed by atoms with E-state index in [2.05, 4.69) is 43.9 Å². The summed E-state index contributed by atoms with van der Waals surface area (Å²) >= 11 is 2.33. The van der Waals surface area contributed by atoms with E-state index in [4.69, 9.17) is 0 Å². The van der Waals surface area contributed by atoms with Crippen molar-refractivity contribution in [2.45, 2.75) is 18.9 Å². The van der Waals surface area contributed by atoms with E-state index in [1.807, 2.05) is 12.4 Å². The first-order chi connectivity index (χ1) is 7.81. The van der Waals surface area contributed by atoms with Gasteiger partial charge in [0.25, 0.3) is 0 Å². The molecule has 0 amide bonds. The van der Waals surface area contributed by atoms with Gasteiger partial charge in [-0.3, -0.25) is 4.98 Å². The summed E-state index contributed by atoms with van der Waals surface area (Å²) in [4.78, 5) is 6.79. The van der Waals surface area contributed by atoms with Crippen molar-refractivity contribution < 1.29 is 0 Å². The minimum absolute atomic E-state index is 0.677. The highest BCUT2D eigenvalue weighted by Crippen LogP contribution is 2.26. The number of nitrogens with zero attached hydrogens (tertiary/aromatic N) is 2. The third-order valence-electron chi connectivity index (χ3n) is 3.59. The van der Waals surface area contributed by atoms with Crippen molar-refractivity contribution in [1.82, 2.24) is 10.3 Å². The van der Waals surface area contributed by atoms with Crippen molar-refractivity contribution in [3.8, 4) is 0 Å². The zero-order valence-corrected chi connectivity index (χ0v) is 11.4. The third kappa shape index (κ3) is 2.18. The number of piperidine rings is 1. The molecule has 2 bridgehead atoms. The Balaban J connectivity index is 1.84. The Hall–Kier alpha value is -0.360. The van der Waals surface area contributed by atoms with Gasteiger partial charge in [0.05, 0.1) is 11.9 Å². The van der Waals surface area contributed by atoms with Crippen LogP contribution in [0.15, 0.2) is 18.5 Å². The molecule has 3 aliphatic heterocycles. The smallest absolute Gasteiger partial charge is 0.0564 e. The van der Waals surface area contributed by atoms with Crippen LogP contribution in [0.5, 0.6) is 0 Å². The highest BCUT2D eigenvalue weighted by molar-refractivity contribution is 14.1. The summed E-state index contributed by atoms with van der Waals surface area (Å²) < 4.78 is 1.22. The molecule has 2 atom stereocenters. The van der Waals surface area contributed by atoms with Gasteiger partial charge in [-0.15, -0.1) is 0 Å². The maximum absolute atomic E-state index is 4.29. The quantitative estimate of drug-likeness (QED) is 0.798. The molecule has 16 heavy (non-hydrogen) atoms. The van der Waals surface area contributed by atoms with Crippen LogP contribution in [0.25, 0.3) is 0 Å². The van der Waals surface area contributed by atoms with E-state index in [-0.39, 0.29) is 0 Å². The van der Waals surface area contributed by atoms with Gasteiger partial charge in [-0.1, -0.05) is 0 Å². The zero-order valence-electron chi connectivity index (χ0n) is 9.19. The van der Waals surface area contributed by atoms with Gasteiger partial charge in [-0.2, -0.15) is 0 Å². The van der Waals surface area contributed by atoms with Gasteiger partial charge >= 0.3 is 0 Å². The average Bonchev–Trinajstić information content (AvgIpc) is 2.62. The standard InChI is InChI=1S/C12H16IN3/c13-10-3-12(6-14-5-10)16-7-9-1-2-11(8-16)15-4-9/h3,5-6,9,11,15H,1-2,4,7-8H2. The van der Waals surface area contributed by atoms with Crippen LogP contribution in [-0.4, -0.2) is 30.7 Å². The van der Waals surface area contributed by atoms with E-state index in [0.717, 1.165) is 12.5 Å². The Labute approximate surface area is 110 Å². The number of anilines is 1. The van der Waals surface area contributed by atoms with Crippen molar-refractivity contribution in [1.29, 1.82) is 0 Å². The first-order valence-corrected chi connectivity index (χ1v) is 6.98. The third-order valence-corrected chi connectivity index (χ3v) is 4.18. The molecule has 0 spiro atoms. The molecule has 3 saturated heterocycles. The maximum atomic E-state index is 4.29. The topological polar surface area (TPSA) is 28.2 Å². The zero-order chi connectivity index (χ0) is 11.0. The number of rotatable bonds is 1. The minimum Gasteiger partial charge on any atom is -0.368 e. The molecule has 1 aromatic rings. The normalized spacial score (nSPS) is 29.2. The van der Waals surface area contributed by atoms with E-state index in [9.17, 15) is 0 Å². The fourth-order valence-corrected chi connectivity index (χ4v) is 3.20. The van der Waals surface area contributed by atoms with Crippen molar-refractivity contribution in [3.05, 3.63) is 22.0 Å². The molecule has 0 aliphatic carbocycles. The number of hydrogen-bond acceptors (Lipinski definition) is 3. The van der Waals surface area contributed by atoms with Gasteiger partial charge in [-0.25, -0.2) is 0 Å². The van der Waals surface area contributed by atoms with E-state index in [1.54, 1.807) is 0 Å². The van der Waals surface area contributed by atoms with E-state index in [1.165, 1.54) is 35.2 Å². The number of fused-ring (bicyclic) bond motifs is 4. The second-order valence-corrected chi connectivity index (χ2v) is 6.06. The second kappa shape index (κ2) is 4.49. The van der Waals surface area contributed by atoms with Gasteiger partial charge in [0.15, 0.2) is 0 Å². The van der Waals surface area contributed by atoms with Crippen LogP contribution in [0.4, 0.5) is 5.69 Å². The Bertz CT molecular complexity index is 360. The first kappa shape index (κ1) is 10.8. The number of aromatic nitrogens is 1. The Kier molecular flexibility index (Phi) is 3.02. The van der Waals surface area contributed by atoms with Gasteiger partial charge in [0, 0.05) is 28.9 Å². The van der Waals surface area contributed by atoms with Crippen LogP contribution in [-0.2, 0) is 0 Å². The SMILES string of the molecule is Ic1cncc(N2CC3CCC(C2)NC3)c1. The molecule has 0 saturated carbocycles. The Morgan fingerprint density at radius 3 is 3.00 bits per heavy atom. The summed E-state index contributed by atoms with van der Waals surface area (Å²) in [7, 11) is 0. The van der Waals surface area contributed by atoms with Crippen molar-refractivity contribution >= 4 is 28.3 Å². The largest absolute Gasteiger partial charge is 0.368 e. The first-order valence-electron chi connectivity index (χ1n) is 5.90. The molecule has 3 aliphatic rings. The molecule has 4 heterocycles. The van der Waals surface area contributed by atoms with Crippen molar-refractivity contribution in [2.24, 2.45) is 5.92 Å². The van der Waals surface area contributed by atoms with Gasteiger partial charge < -0.3 is 10.2 Å². The van der Waals surface area contributed by atoms with E-state index in [0.29, 0.717) is 6.04 Å². The molecule has 1 aromatic heterocycles. The van der Waals surface area contributed by atoms with Crippen LogP contribution in [0.1, 0.15) is 12.8 Å². The van der Waals surface area contributed by atoms with Crippen LogP contribution < -0.4 is 10.2 Å². The van der Waals surface area contributed by atoms with Crippen LogP contribution >= 0.6 is 22.6 Å². The van der Waals surface area contributed by atoms with Crippen molar-refractivity contribution in [2.75, 3.05) is 24.5 Å². The Morgan fingerprint density at radius 2 is 2.25 bits per heavy atom. The number of pyridine rings is 1. The molecule has 1 N–H and O–H groups in total.